The topological polar surface area (TPSA) is 66.8 Å². The zero-order valence-corrected chi connectivity index (χ0v) is 11.6. The number of amides is 1. The van der Waals surface area contributed by atoms with Crippen molar-refractivity contribution >= 4 is 11.9 Å². The number of likely N-dealkylation sites (tertiary alicyclic amines) is 1. The lowest BCUT2D eigenvalue weighted by Gasteiger charge is -2.28. The summed E-state index contributed by atoms with van der Waals surface area (Å²) in [5, 5.41) is 9.01. The molecule has 2 atom stereocenters. The molecule has 1 N–H and O–H groups in total. The standard InChI is InChI=1S/C13H23NO4/c1-9(8-15)11(16)14-7-5-6-10(14)12(17)18-13(2,3)4/h9-10,15H,5-8H2,1-4H3/t9?,10-/m0/s1. The van der Waals surface area contributed by atoms with Gasteiger partial charge in [0.05, 0.1) is 12.5 Å². The maximum absolute atomic E-state index is 12.0. The van der Waals surface area contributed by atoms with E-state index in [9.17, 15) is 9.59 Å². The molecule has 1 fully saturated rings. The van der Waals surface area contributed by atoms with Crippen LogP contribution in [0.2, 0.25) is 0 Å². The third-order valence-electron chi connectivity index (χ3n) is 2.91. The van der Waals surface area contributed by atoms with Gasteiger partial charge in [0.2, 0.25) is 5.91 Å². The molecule has 1 heterocycles. The van der Waals surface area contributed by atoms with Gasteiger partial charge in [-0.3, -0.25) is 4.79 Å². The molecule has 0 aromatic heterocycles. The van der Waals surface area contributed by atoms with E-state index >= 15 is 0 Å². The SMILES string of the molecule is CC(CO)C(=O)N1CCC[C@H]1C(=O)OC(C)(C)C. The first-order valence-electron chi connectivity index (χ1n) is 6.40. The van der Waals surface area contributed by atoms with Crippen molar-refractivity contribution in [2.24, 2.45) is 5.92 Å². The van der Waals surface area contributed by atoms with Gasteiger partial charge in [-0.1, -0.05) is 6.92 Å². The van der Waals surface area contributed by atoms with Gasteiger partial charge in [0.15, 0.2) is 0 Å². The first kappa shape index (κ1) is 15.0. The van der Waals surface area contributed by atoms with Gasteiger partial charge in [-0.05, 0) is 33.6 Å². The number of aliphatic hydroxyl groups is 1. The lowest BCUT2D eigenvalue weighted by Crippen LogP contribution is -2.45. The molecule has 104 valence electrons. The summed E-state index contributed by atoms with van der Waals surface area (Å²) in [5.41, 5.74) is -0.545. The summed E-state index contributed by atoms with van der Waals surface area (Å²) >= 11 is 0. The van der Waals surface area contributed by atoms with Gasteiger partial charge in [0.25, 0.3) is 0 Å². The molecule has 0 radical (unpaired) electrons. The number of carbonyl (C=O) groups is 2. The number of hydrogen-bond acceptors (Lipinski definition) is 4. The number of hydrogen-bond donors (Lipinski definition) is 1. The van der Waals surface area contributed by atoms with Gasteiger partial charge in [-0.2, -0.15) is 0 Å². The first-order chi connectivity index (χ1) is 8.26. The summed E-state index contributed by atoms with van der Waals surface area (Å²) < 4.78 is 5.32. The quantitative estimate of drug-likeness (QED) is 0.764. The zero-order chi connectivity index (χ0) is 13.9. The Kier molecular flexibility index (Phi) is 4.73. The average Bonchev–Trinajstić information content (AvgIpc) is 2.73. The molecule has 18 heavy (non-hydrogen) atoms. The van der Waals surface area contributed by atoms with Gasteiger partial charge in [0, 0.05) is 6.54 Å². The second kappa shape index (κ2) is 5.69. The minimum Gasteiger partial charge on any atom is -0.458 e. The predicted octanol–water partition coefficient (Wildman–Crippen LogP) is 0.947. The summed E-state index contributed by atoms with van der Waals surface area (Å²) in [6, 6.07) is -0.495. The fourth-order valence-corrected chi connectivity index (χ4v) is 2.01. The Morgan fingerprint density at radius 3 is 2.56 bits per heavy atom. The van der Waals surface area contributed by atoms with E-state index in [-0.39, 0.29) is 18.5 Å². The highest BCUT2D eigenvalue weighted by atomic mass is 16.6. The Balaban J connectivity index is 2.70. The molecular weight excluding hydrogens is 234 g/mol. The number of rotatable bonds is 3. The van der Waals surface area contributed by atoms with Crippen molar-refractivity contribution in [3.8, 4) is 0 Å². The third kappa shape index (κ3) is 3.70. The number of carbonyl (C=O) groups excluding carboxylic acids is 2. The smallest absolute Gasteiger partial charge is 0.329 e. The summed E-state index contributed by atoms with van der Waals surface area (Å²) in [4.78, 5) is 25.6. The molecular formula is C13H23NO4. The fourth-order valence-electron chi connectivity index (χ4n) is 2.01. The Morgan fingerprint density at radius 1 is 1.44 bits per heavy atom. The monoisotopic (exact) mass is 257 g/mol. The molecule has 0 bridgehead atoms. The van der Waals surface area contributed by atoms with E-state index in [1.807, 2.05) is 20.8 Å². The minimum atomic E-state index is -0.545. The van der Waals surface area contributed by atoms with Crippen molar-refractivity contribution in [3.63, 3.8) is 0 Å². The van der Waals surface area contributed by atoms with Crippen molar-refractivity contribution in [2.75, 3.05) is 13.2 Å². The summed E-state index contributed by atoms with van der Waals surface area (Å²) in [6.07, 6.45) is 1.44. The molecule has 5 nitrogen and oxygen atoms in total. The van der Waals surface area contributed by atoms with Gasteiger partial charge in [0.1, 0.15) is 11.6 Å². The predicted molar refractivity (Wildman–Crippen MR) is 66.8 cm³/mol. The second-order valence-corrected chi connectivity index (χ2v) is 5.81. The van der Waals surface area contributed by atoms with E-state index in [4.69, 9.17) is 9.84 Å². The molecule has 1 amide bonds. The summed E-state index contributed by atoms with van der Waals surface area (Å²) in [6.45, 7) is 7.45. The maximum atomic E-state index is 12.0. The van der Waals surface area contributed by atoms with Gasteiger partial charge in [-0.15, -0.1) is 0 Å². The van der Waals surface area contributed by atoms with Crippen molar-refractivity contribution in [2.45, 2.75) is 52.2 Å². The van der Waals surface area contributed by atoms with E-state index in [1.54, 1.807) is 6.92 Å². The van der Waals surface area contributed by atoms with Gasteiger partial charge >= 0.3 is 5.97 Å². The van der Waals surface area contributed by atoms with Crippen molar-refractivity contribution < 1.29 is 19.4 Å². The number of aliphatic hydroxyl groups excluding tert-OH is 1. The van der Waals surface area contributed by atoms with Crippen molar-refractivity contribution in [3.05, 3.63) is 0 Å². The van der Waals surface area contributed by atoms with E-state index < -0.39 is 17.6 Å². The van der Waals surface area contributed by atoms with Crippen LogP contribution in [0.4, 0.5) is 0 Å². The van der Waals surface area contributed by atoms with Crippen LogP contribution < -0.4 is 0 Å². The van der Waals surface area contributed by atoms with Crippen LogP contribution in [0.15, 0.2) is 0 Å². The maximum Gasteiger partial charge on any atom is 0.329 e. The van der Waals surface area contributed by atoms with Crippen LogP contribution in [-0.4, -0.2) is 46.7 Å². The molecule has 1 rings (SSSR count). The Hall–Kier alpha value is -1.10. The van der Waals surface area contributed by atoms with Gasteiger partial charge < -0.3 is 14.7 Å². The minimum absolute atomic E-state index is 0.175. The lowest BCUT2D eigenvalue weighted by atomic mass is 10.1. The molecule has 0 aromatic rings. The largest absolute Gasteiger partial charge is 0.458 e. The lowest BCUT2D eigenvalue weighted by molar-refractivity contribution is -0.164. The molecule has 1 aliphatic rings. The second-order valence-electron chi connectivity index (χ2n) is 5.81. The van der Waals surface area contributed by atoms with Crippen LogP contribution in [0, 0.1) is 5.92 Å². The third-order valence-corrected chi connectivity index (χ3v) is 2.91. The Labute approximate surface area is 108 Å². The molecule has 0 spiro atoms. The van der Waals surface area contributed by atoms with E-state index in [0.717, 1.165) is 6.42 Å². The molecule has 5 heteroatoms. The van der Waals surface area contributed by atoms with Crippen LogP contribution in [0.1, 0.15) is 40.5 Å². The Bertz CT molecular complexity index is 321. The highest BCUT2D eigenvalue weighted by molar-refractivity contribution is 5.86. The zero-order valence-electron chi connectivity index (χ0n) is 11.6. The van der Waals surface area contributed by atoms with Crippen LogP contribution >= 0.6 is 0 Å². The average molecular weight is 257 g/mol. The van der Waals surface area contributed by atoms with Crippen LogP contribution in [0.25, 0.3) is 0 Å². The highest BCUT2D eigenvalue weighted by Gasteiger charge is 2.38. The Morgan fingerprint density at radius 2 is 2.06 bits per heavy atom. The number of esters is 1. The van der Waals surface area contributed by atoms with Crippen molar-refractivity contribution in [1.82, 2.24) is 4.90 Å². The summed E-state index contributed by atoms with van der Waals surface area (Å²) in [5.74, 6) is -0.989. The van der Waals surface area contributed by atoms with E-state index in [0.29, 0.717) is 13.0 Å². The molecule has 1 saturated heterocycles. The normalized spacial score (nSPS) is 21.8. The van der Waals surface area contributed by atoms with Crippen LogP contribution in [0.3, 0.4) is 0 Å². The van der Waals surface area contributed by atoms with Crippen LogP contribution in [0.5, 0.6) is 0 Å². The van der Waals surface area contributed by atoms with Crippen LogP contribution in [-0.2, 0) is 14.3 Å². The molecule has 1 unspecified atom stereocenters. The molecule has 0 aromatic carbocycles. The number of ether oxygens (including phenoxy) is 1. The highest BCUT2D eigenvalue weighted by Crippen LogP contribution is 2.22. The van der Waals surface area contributed by atoms with Crippen molar-refractivity contribution in [1.29, 1.82) is 0 Å². The van der Waals surface area contributed by atoms with Gasteiger partial charge in [-0.25, -0.2) is 4.79 Å². The van der Waals surface area contributed by atoms with E-state index in [2.05, 4.69) is 0 Å². The fraction of sp³-hybridized carbons (Fsp3) is 0.846. The number of nitrogens with zero attached hydrogens (tertiary/aromatic N) is 1. The van der Waals surface area contributed by atoms with E-state index in [1.165, 1.54) is 4.90 Å². The molecule has 1 aliphatic heterocycles. The first-order valence-corrected chi connectivity index (χ1v) is 6.40. The summed E-state index contributed by atoms with van der Waals surface area (Å²) in [7, 11) is 0. The molecule has 0 aliphatic carbocycles. The molecule has 0 saturated carbocycles.